The van der Waals surface area contributed by atoms with Crippen LogP contribution in [0.1, 0.15) is 53.4 Å². The molecule has 0 aromatic rings. The summed E-state index contributed by atoms with van der Waals surface area (Å²) in [5.74, 6) is -0.124. The van der Waals surface area contributed by atoms with E-state index in [1.54, 1.807) is 0 Å². The van der Waals surface area contributed by atoms with Gasteiger partial charge < -0.3 is 16.2 Å². The third-order valence-electron chi connectivity index (χ3n) is 4.16. The summed E-state index contributed by atoms with van der Waals surface area (Å²) in [4.78, 5) is 12.0. The van der Waals surface area contributed by atoms with Gasteiger partial charge in [-0.25, -0.2) is 0 Å². The number of hydrogen-bond donors (Lipinski definition) is 3. The predicted molar refractivity (Wildman–Crippen MR) is 73.0 cm³/mol. The average Bonchev–Trinajstić information content (AvgIpc) is 2.28. The molecule has 3 atom stereocenters. The van der Waals surface area contributed by atoms with Gasteiger partial charge >= 0.3 is 0 Å². The molecule has 18 heavy (non-hydrogen) atoms. The lowest BCUT2D eigenvalue weighted by molar-refractivity contribution is -0.125. The minimum absolute atomic E-state index is 0.124. The summed E-state index contributed by atoms with van der Waals surface area (Å²) in [6.45, 7) is 8.41. The molecule has 1 amide bonds. The van der Waals surface area contributed by atoms with E-state index in [1.807, 2.05) is 27.7 Å². The highest BCUT2D eigenvalue weighted by Gasteiger charge is 2.36. The van der Waals surface area contributed by atoms with Gasteiger partial charge in [-0.2, -0.15) is 0 Å². The van der Waals surface area contributed by atoms with Crippen LogP contribution >= 0.6 is 0 Å². The van der Waals surface area contributed by atoms with Crippen LogP contribution in [-0.2, 0) is 4.79 Å². The Kier molecular flexibility index (Phi) is 4.78. The van der Waals surface area contributed by atoms with Crippen molar-refractivity contribution in [1.29, 1.82) is 0 Å². The van der Waals surface area contributed by atoms with Crippen LogP contribution in [0.2, 0.25) is 0 Å². The molecule has 1 rings (SSSR count). The first-order valence-electron chi connectivity index (χ1n) is 6.88. The van der Waals surface area contributed by atoms with E-state index in [4.69, 9.17) is 5.73 Å². The van der Waals surface area contributed by atoms with Gasteiger partial charge in [-0.05, 0) is 18.3 Å². The third-order valence-corrected chi connectivity index (χ3v) is 4.16. The van der Waals surface area contributed by atoms with Gasteiger partial charge in [-0.3, -0.25) is 4.79 Å². The first-order chi connectivity index (χ1) is 8.17. The Balaban J connectivity index is 2.52. The number of rotatable bonds is 3. The molecule has 1 aliphatic carbocycles. The number of aliphatic hydroxyl groups is 1. The second kappa shape index (κ2) is 5.57. The number of aliphatic hydroxyl groups excluding tert-OH is 1. The zero-order valence-electron chi connectivity index (χ0n) is 12.1. The Morgan fingerprint density at radius 3 is 2.61 bits per heavy atom. The summed E-state index contributed by atoms with van der Waals surface area (Å²) in [5.41, 5.74) is 5.47. The lowest BCUT2D eigenvalue weighted by Crippen LogP contribution is -2.52. The van der Waals surface area contributed by atoms with Gasteiger partial charge in [0.05, 0.1) is 12.1 Å². The molecule has 4 heteroatoms. The van der Waals surface area contributed by atoms with Crippen molar-refractivity contribution < 1.29 is 9.90 Å². The van der Waals surface area contributed by atoms with Gasteiger partial charge in [0.2, 0.25) is 5.91 Å². The fourth-order valence-corrected chi connectivity index (χ4v) is 2.38. The van der Waals surface area contributed by atoms with Crippen LogP contribution in [-0.4, -0.2) is 29.7 Å². The molecular weight excluding hydrogens is 228 g/mol. The van der Waals surface area contributed by atoms with Crippen molar-refractivity contribution >= 4 is 5.91 Å². The highest BCUT2D eigenvalue weighted by Crippen LogP contribution is 2.35. The quantitative estimate of drug-likeness (QED) is 0.715. The zero-order valence-corrected chi connectivity index (χ0v) is 12.1. The molecule has 2 unspecified atom stereocenters. The Hall–Kier alpha value is -0.610. The second-order valence-electron chi connectivity index (χ2n) is 6.98. The highest BCUT2D eigenvalue weighted by molar-refractivity contribution is 5.82. The third kappa shape index (κ3) is 3.69. The number of carbonyl (C=O) groups excluding carboxylic acids is 1. The van der Waals surface area contributed by atoms with Gasteiger partial charge in [-0.1, -0.05) is 40.5 Å². The molecule has 4 N–H and O–H groups in total. The molecule has 0 saturated heterocycles. The molecule has 1 saturated carbocycles. The molecule has 0 aliphatic heterocycles. The molecule has 0 bridgehead atoms. The van der Waals surface area contributed by atoms with E-state index < -0.39 is 6.04 Å². The molecule has 4 nitrogen and oxygen atoms in total. The van der Waals surface area contributed by atoms with E-state index in [9.17, 15) is 9.90 Å². The summed E-state index contributed by atoms with van der Waals surface area (Å²) in [5, 5.41) is 13.0. The van der Waals surface area contributed by atoms with Crippen LogP contribution in [0.3, 0.4) is 0 Å². The largest absolute Gasteiger partial charge is 0.392 e. The van der Waals surface area contributed by atoms with Crippen LogP contribution in [0.15, 0.2) is 0 Å². The number of hydrogen-bond acceptors (Lipinski definition) is 3. The maximum atomic E-state index is 12.0. The minimum atomic E-state index is -0.512. The Bertz CT molecular complexity index is 299. The molecule has 0 aromatic carbocycles. The second-order valence-corrected chi connectivity index (χ2v) is 6.98. The zero-order chi connectivity index (χ0) is 14.0. The van der Waals surface area contributed by atoms with Crippen LogP contribution in [0.4, 0.5) is 0 Å². The Labute approximate surface area is 110 Å². The topological polar surface area (TPSA) is 75.4 Å². The Morgan fingerprint density at radius 2 is 2.11 bits per heavy atom. The minimum Gasteiger partial charge on any atom is -0.392 e. The number of nitrogens with one attached hydrogen (secondary N) is 1. The maximum Gasteiger partial charge on any atom is 0.237 e. The normalized spacial score (nSPS) is 30.9. The maximum absolute atomic E-state index is 12.0. The van der Waals surface area contributed by atoms with Crippen molar-refractivity contribution in [2.24, 2.45) is 16.6 Å². The van der Waals surface area contributed by atoms with Crippen molar-refractivity contribution in [2.75, 3.05) is 6.54 Å². The molecule has 1 aliphatic rings. The van der Waals surface area contributed by atoms with Gasteiger partial charge in [-0.15, -0.1) is 0 Å². The summed E-state index contributed by atoms with van der Waals surface area (Å²) >= 11 is 0. The van der Waals surface area contributed by atoms with E-state index in [2.05, 4.69) is 5.32 Å². The number of amides is 1. The number of carbonyl (C=O) groups is 1. The monoisotopic (exact) mass is 256 g/mol. The fraction of sp³-hybridized carbons (Fsp3) is 0.929. The van der Waals surface area contributed by atoms with Gasteiger partial charge in [0.25, 0.3) is 0 Å². The SMILES string of the molecule is CC1(CNC(=O)[C@@H](N)C(C)(C)C)CCCCC1O. The van der Waals surface area contributed by atoms with Crippen molar-refractivity contribution in [3.63, 3.8) is 0 Å². The highest BCUT2D eigenvalue weighted by atomic mass is 16.3. The van der Waals surface area contributed by atoms with E-state index in [-0.39, 0.29) is 22.8 Å². The van der Waals surface area contributed by atoms with Crippen molar-refractivity contribution in [1.82, 2.24) is 5.32 Å². The molecule has 1 fully saturated rings. The first kappa shape index (κ1) is 15.4. The lowest BCUT2D eigenvalue weighted by Gasteiger charge is -2.39. The van der Waals surface area contributed by atoms with E-state index in [0.29, 0.717) is 6.54 Å². The molecule has 0 aromatic heterocycles. The molecule has 0 radical (unpaired) electrons. The molecule has 0 spiro atoms. The van der Waals surface area contributed by atoms with E-state index in [1.165, 1.54) is 0 Å². The predicted octanol–water partition coefficient (Wildman–Crippen LogP) is 1.42. The lowest BCUT2D eigenvalue weighted by atomic mass is 9.73. The average molecular weight is 256 g/mol. The fourth-order valence-electron chi connectivity index (χ4n) is 2.38. The molecular formula is C14H28N2O2. The summed E-state index contributed by atoms with van der Waals surface area (Å²) in [7, 11) is 0. The number of nitrogens with two attached hydrogens (primary N) is 1. The summed E-state index contributed by atoms with van der Waals surface area (Å²) in [6, 6.07) is -0.512. The van der Waals surface area contributed by atoms with E-state index >= 15 is 0 Å². The summed E-state index contributed by atoms with van der Waals surface area (Å²) in [6.07, 6.45) is 3.66. The standard InChI is InChI=1S/C14H28N2O2/c1-13(2,3)11(15)12(18)16-9-14(4)8-6-5-7-10(14)17/h10-11,17H,5-9,15H2,1-4H3,(H,16,18)/t10?,11-,14?/m1/s1. The van der Waals surface area contributed by atoms with Crippen molar-refractivity contribution in [2.45, 2.75) is 65.5 Å². The van der Waals surface area contributed by atoms with Crippen LogP contribution in [0, 0.1) is 10.8 Å². The Morgan fingerprint density at radius 1 is 1.50 bits per heavy atom. The molecule has 106 valence electrons. The first-order valence-corrected chi connectivity index (χ1v) is 6.88. The summed E-state index contributed by atoms with van der Waals surface area (Å²) < 4.78 is 0. The van der Waals surface area contributed by atoms with Crippen LogP contribution in [0.5, 0.6) is 0 Å². The van der Waals surface area contributed by atoms with Gasteiger partial charge in [0.15, 0.2) is 0 Å². The van der Waals surface area contributed by atoms with Gasteiger partial charge in [0, 0.05) is 12.0 Å². The van der Waals surface area contributed by atoms with E-state index in [0.717, 1.165) is 25.7 Å². The smallest absolute Gasteiger partial charge is 0.237 e. The van der Waals surface area contributed by atoms with Crippen LogP contribution in [0.25, 0.3) is 0 Å². The van der Waals surface area contributed by atoms with Crippen molar-refractivity contribution in [3.8, 4) is 0 Å². The molecule has 0 heterocycles. The van der Waals surface area contributed by atoms with Crippen LogP contribution < -0.4 is 11.1 Å². The van der Waals surface area contributed by atoms with Crippen molar-refractivity contribution in [3.05, 3.63) is 0 Å². The van der Waals surface area contributed by atoms with Gasteiger partial charge in [0.1, 0.15) is 0 Å².